The number of carbonyl (C=O) groups excluding carboxylic acids is 1. The number of hydrogen-bond acceptors (Lipinski definition) is 3. The molecule has 9 heteroatoms. The van der Waals surface area contributed by atoms with Gasteiger partial charge in [0.15, 0.2) is 0 Å². The van der Waals surface area contributed by atoms with E-state index in [0.717, 1.165) is 11.6 Å². The average molecular weight is 399 g/mol. The van der Waals surface area contributed by atoms with Crippen LogP contribution in [0, 0.1) is 5.82 Å². The van der Waals surface area contributed by atoms with Gasteiger partial charge in [-0.15, -0.1) is 0 Å². The zero-order chi connectivity index (χ0) is 20.9. The Labute approximate surface area is 160 Å². The number of methoxy groups -OCH3 is 1. The van der Waals surface area contributed by atoms with E-state index in [9.17, 15) is 22.4 Å². The van der Waals surface area contributed by atoms with E-state index in [1.54, 1.807) is 19.2 Å². The molecule has 2 rings (SSSR count). The minimum atomic E-state index is -4.84. The molecule has 2 N–H and O–H groups in total. The molecular weight excluding hydrogens is 378 g/mol. The molecule has 28 heavy (non-hydrogen) atoms. The summed E-state index contributed by atoms with van der Waals surface area (Å²) in [4.78, 5) is 14.0. The molecule has 0 saturated heterocycles. The summed E-state index contributed by atoms with van der Waals surface area (Å²) in [5.41, 5.74) is -0.668. The number of alkyl halides is 3. The zero-order valence-electron chi connectivity index (χ0n) is 15.6. The quantitative estimate of drug-likeness (QED) is 0.713. The van der Waals surface area contributed by atoms with E-state index in [0.29, 0.717) is 17.9 Å². The largest absolute Gasteiger partial charge is 0.497 e. The smallest absolute Gasteiger partial charge is 0.419 e. The summed E-state index contributed by atoms with van der Waals surface area (Å²) in [6.07, 6.45) is -4.84. The molecule has 0 radical (unpaired) electrons. The molecule has 1 atom stereocenters. The lowest BCUT2D eigenvalue weighted by Crippen LogP contribution is -2.36. The number of urea groups is 1. The molecule has 152 valence electrons. The van der Waals surface area contributed by atoms with Gasteiger partial charge in [-0.2, -0.15) is 13.2 Å². The second-order valence-corrected chi connectivity index (χ2v) is 6.28. The summed E-state index contributed by atoms with van der Waals surface area (Å²) in [5.74, 6) is -0.700. The highest BCUT2D eigenvalue weighted by molar-refractivity contribution is 5.89. The fourth-order valence-corrected chi connectivity index (χ4v) is 2.61. The van der Waals surface area contributed by atoms with Gasteiger partial charge in [0.2, 0.25) is 0 Å². The van der Waals surface area contributed by atoms with Crippen LogP contribution in [0.1, 0.15) is 17.2 Å². The van der Waals surface area contributed by atoms with E-state index in [-0.39, 0.29) is 18.3 Å². The Bertz CT molecular complexity index is 808. The SMILES string of the molecule is COc1ccc(C(CNC(=O)Nc2ccc(F)c(C(F)(F)F)c2)N(C)C)cc1. The van der Waals surface area contributed by atoms with Crippen LogP contribution in [0.15, 0.2) is 42.5 Å². The maximum Gasteiger partial charge on any atom is 0.419 e. The third kappa shape index (κ3) is 5.59. The molecule has 0 aliphatic heterocycles. The second kappa shape index (κ2) is 8.92. The first-order valence-electron chi connectivity index (χ1n) is 8.33. The normalized spacial score (nSPS) is 12.6. The van der Waals surface area contributed by atoms with E-state index in [1.807, 2.05) is 31.1 Å². The number of amides is 2. The molecule has 0 aliphatic carbocycles. The highest BCUT2D eigenvalue weighted by atomic mass is 19.4. The Morgan fingerprint density at radius 1 is 1.14 bits per heavy atom. The van der Waals surface area contributed by atoms with Crippen molar-refractivity contribution in [1.29, 1.82) is 0 Å². The van der Waals surface area contributed by atoms with Gasteiger partial charge in [-0.05, 0) is 50.0 Å². The van der Waals surface area contributed by atoms with Crippen molar-refractivity contribution < 1.29 is 27.1 Å². The lowest BCUT2D eigenvalue weighted by Gasteiger charge is -2.25. The van der Waals surface area contributed by atoms with Gasteiger partial charge in [0.1, 0.15) is 11.6 Å². The van der Waals surface area contributed by atoms with E-state index < -0.39 is 23.6 Å². The molecule has 0 fully saturated rings. The van der Waals surface area contributed by atoms with Gasteiger partial charge < -0.3 is 20.3 Å². The lowest BCUT2D eigenvalue weighted by atomic mass is 10.1. The summed E-state index contributed by atoms with van der Waals surface area (Å²) in [5, 5.41) is 4.90. The number of nitrogens with zero attached hydrogens (tertiary/aromatic N) is 1. The summed E-state index contributed by atoms with van der Waals surface area (Å²) >= 11 is 0. The Morgan fingerprint density at radius 2 is 1.79 bits per heavy atom. The summed E-state index contributed by atoms with van der Waals surface area (Å²) < 4.78 is 56.7. The maximum atomic E-state index is 13.3. The fraction of sp³-hybridized carbons (Fsp3) is 0.316. The molecule has 2 aromatic rings. The molecular formula is C19H21F4N3O2. The van der Waals surface area contributed by atoms with Gasteiger partial charge in [-0.3, -0.25) is 0 Å². The van der Waals surface area contributed by atoms with Crippen molar-refractivity contribution in [1.82, 2.24) is 10.2 Å². The van der Waals surface area contributed by atoms with Gasteiger partial charge in [-0.25, -0.2) is 9.18 Å². The number of rotatable bonds is 6. The standard InChI is InChI=1S/C19H21F4N3O2/c1-26(2)17(12-4-7-14(28-3)8-5-12)11-24-18(27)25-13-6-9-16(20)15(10-13)19(21,22)23/h4-10,17H,11H2,1-3H3,(H2,24,25,27). The van der Waals surface area contributed by atoms with Crippen LogP contribution in [0.4, 0.5) is 28.0 Å². The van der Waals surface area contributed by atoms with E-state index >= 15 is 0 Å². The predicted octanol–water partition coefficient (Wildman–Crippen LogP) is 4.28. The average Bonchev–Trinajstić information content (AvgIpc) is 2.63. The van der Waals surface area contributed by atoms with Gasteiger partial charge in [0.25, 0.3) is 0 Å². The molecule has 0 spiro atoms. The Morgan fingerprint density at radius 3 is 2.32 bits per heavy atom. The number of halogens is 4. The van der Waals surface area contributed by atoms with Gasteiger partial charge in [0.05, 0.1) is 18.7 Å². The molecule has 5 nitrogen and oxygen atoms in total. The van der Waals surface area contributed by atoms with Crippen molar-refractivity contribution in [2.75, 3.05) is 33.1 Å². The topological polar surface area (TPSA) is 53.6 Å². The van der Waals surface area contributed by atoms with Crippen LogP contribution in [0.5, 0.6) is 5.75 Å². The maximum absolute atomic E-state index is 13.3. The third-order valence-corrected chi connectivity index (χ3v) is 4.11. The first-order chi connectivity index (χ1) is 13.1. The van der Waals surface area contributed by atoms with Gasteiger partial charge in [-0.1, -0.05) is 12.1 Å². The molecule has 0 aromatic heterocycles. The van der Waals surface area contributed by atoms with Crippen LogP contribution in [0.2, 0.25) is 0 Å². The Balaban J connectivity index is 2.03. The number of anilines is 1. The van der Waals surface area contributed by atoms with E-state index in [2.05, 4.69) is 10.6 Å². The highest BCUT2D eigenvalue weighted by Crippen LogP contribution is 2.33. The second-order valence-electron chi connectivity index (χ2n) is 6.28. The lowest BCUT2D eigenvalue weighted by molar-refractivity contribution is -0.139. The zero-order valence-corrected chi connectivity index (χ0v) is 15.6. The third-order valence-electron chi connectivity index (χ3n) is 4.11. The van der Waals surface area contributed by atoms with Crippen molar-refractivity contribution in [3.8, 4) is 5.75 Å². The van der Waals surface area contributed by atoms with Gasteiger partial charge >= 0.3 is 12.2 Å². The number of carbonyl (C=O) groups is 1. The van der Waals surface area contributed by atoms with Crippen LogP contribution < -0.4 is 15.4 Å². The van der Waals surface area contributed by atoms with Crippen molar-refractivity contribution in [3.63, 3.8) is 0 Å². The molecule has 0 heterocycles. The minimum Gasteiger partial charge on any atom is -0.497 e. The number of likely N-dealkylation sites (N-methyl/N-ethyl adjacent to an activating group) is 1. The predicted molar refractivity (Wildman–Crippen MR) is 97.8 cm³/mol. The molecule has 0 bridgehead atoms. The first-order valence-corrected chi connectivity index (χ1v) is 8.33. The summed E-state index contributed by atoms with van der Waals surface area (Å²) in [6, 6.07) is 8.73. The number of ether oxygens (including phenoxy) is 1. The van der Waals surface area contributed by atoms with Gasteiger partial charge in [0, 0.05) is 12.2 Å². The molecule has 0 aliphatic rings. The summed E-state index contributed by atoms with van der Waals surface area (Å²) in [6.45, 7) is 0.207. The first kappa shape index (κ1) is 21.5. The van der Waals surface area contributed by atoms with Crippen LogP contribution >= 0.6 is 0 Å². The Kier molecular flexibility index (Phi) is 6.85. The van der Waals surface area contributed by atoms with Crippen molar-refractivity contribution in [2.45, 2.75) is 12.2 Å². The summed E-state index contributed by atoms with van der Waals surface area (Å²) in [7, 11) is 5.23. The number of benzene rings is 2. The monoisotopic (exact) mass is 399 g/mol. The molecule has 2 amide bonds. The van der Waals surface area contributed by atoms with Crippen molar-refractivity contribution >= 4 is 11.7 Å². The van der Waals surface area contributed by atoms with Crippen molar-refractivity contribution in [2.24, 2.45) is 0 Å². The van der Waals surface area contributed by atoms with Crippen LogP contribution in [-0.2, 0) is 6.18 Å². The molecule has 0 saturated carbocycles. The minimum absolute atomic E-state index is 0.155. The number of nitrogens with one attached hydrogen (secondary N) is 2. The highest BCUT2D eigenvalue weighted by Gasteiger charge is 2.34. The molecule has 1 unspecified atom stereocenters. The molecule has 2 aromatic carbocycles. The van der Waals surface area contributed by atoms with Crippen LogP contribution in [0.3, 0.4) is 0 Å². The van der Waals surface area contributed by atoms with Crippen LogP contribution in [0.25, 0.3) is 0 Å². The van der Waals surface area contributed by atoms with E-state index in [4.69, 9.17) is 4.74 Å². The van der Waals surface area contributed by atoms with Crippen LogP contribution in [-0.4, -0.2) is 38.7 Å². The fourth-order valence-electron chi connectivity index (χ4n) is 2.61. The number of hydrogen-bond donors (Lipinski definition) is 2. The Hall–Kier alpha value is -2.81. The van der Waals surface area contributed by atoms with E-state index in [1.165, 1.54) is 0 Å². The van der Waals surface area contributed by atoms with Crippen molar-refractivity contribution in [3.05, 3.63) is 59.4 Å².